The van der Waals surface area contributed by atoms with Crippen LogP contribution in [0.15, 0.2) is 23.4 Å². The molecule has 0 fully saturated rings. The van der Waals surface area contributed by atoms with Gasteiger partial charge in [-0.1, -0.05) is 13.8 Å². The molecule has 1 rings (SSSR count). The lowest BCUT2D eigenvalue weighted by Gasteiger charge is -2.21. The lowest BCUT2D eigenvalue weighted by Crippen LogP contribution is -2.42. The third-order valence-corrected chi connectivity index (χ3v) is 3.86. The molecule has 18 heavy (non-hydrogen) atoms. The smallest absolute Gasteiger partial charge is 0.261 e. The number of hydrogen-bond acceptors (Lipinski definition) is 4. The summed E-state index contributed by atoms with van der Waals surface area (Å²) in [6.45, 7) is 3.91. The van der Waals surface area contributed by atoms with Gasteiger partial charge in [0, 0.05) is 19.3 Å². The Labute approximate surface area is 106 Å². The number of nitrogens with one attached hydrogen (secondary N) is 1. The van der Waals surface area contributed by atoms with E-state index in [1.54, 1.807) is 0 Å². The normalized spacial score (nSPS) is 13.8. The average molecular weight is 276 g/mol. The van der Waals surface area contributed by atoms with Crippen molar-refractivity contribution in [3.8, 4) is 0 Å². The van der Waals surface area contributed by atoms with Crippen molar-refractivity contribution in [2.75, 3.05) is 13.7 Å². The predicted molar refractivity (Wildman–Crippen MR) is 65.0 cm³/mol. The van der Waals surface area contributed by atoms with Crippen molar-refractivity contribution in [1.29, 1.82) is 0 Å². The van der Waals surface area contributed by atoms with Crippen molar-refractivity contribution in [2.24, 2.45) is 5.92 Å². The fourth-order valence-electron chi connectivity index (χ4n) is 1.37. The van der Waals surface area contributed by atoms with E-state index < -0.39 is 26.9 Å². The van der Waals surface area contributed by atoms with E-state index in [4.69, 9.17) is 4.74 Å². The predicted octanol–water partition coefficient (Wildman–Crippen LogP) is 1.17. The van der Waals surface area contributed by atoms with Gasteiger partial charge in [0.1, 0.15) is 0 Å². The van der Waals surface area contributed by atoms with Crippen molar-refractivity contribution >= 4 is 10.0 Å². The van der Waals surface area contributed by atoms with Crippen LogP contribution in [-0.4, -0.2) is 33.2 Å². The highest BCUT2D eigenvalue weighted by Crippen LogP contribution is 2.12. The van der Waals surface area contributed by atoms with Gasteiger partial charge in [-0.15, -0.1) is 0 Å². The van der Waals surface area contributed by atoms with Crippen molar-refractivity contribution < 1.29 is 17.5 Å². The number of nitrogens with zero attached hydrogens (tertiary/aromatic N) is 1. The molecule has 1 atom stereocenters. The largest absolute Gasteiger partial charge is 0.383 e. The number of halogens is 1. The van der Waals surface area contributed by atoms with Gasteiger partial charge in [0.15, 0.2) is 5.82 Å². The molecule has 0 saturated heterocycles. The van der Waals surface area contributed by atoms with Gasteiger partial charge >= 0.3 is 0 Å². The highest BCUT2D eigenvalue weighted by atomic mass is 32.2. The fourth-order valence-corrected chi connectivity index (χ4v) is 2.74. The monoisotopic (exact) mass is 276 g/mol. The molecule has 102 valence electrons. The Bertz CT molecular complexity index is 491. The van der Waals surface area contributed by atoms with E-state index in [9.17, 15) is 12.8 Å². The Hall–Kier alpha value is -1.05. The van der Waals surface area contributed by atoms with Gasteiger partial charge in [0.2, 0.25) is 5.03 Å². The number of aromatic nitrogens is 1. The van der Waals surface area contributed by atoms with E-state index in [2.05, 4.69) is 9.71 Å². The van der Waals surface area contributed by atoms with Crippen LogP contribution in [0.4, 0.5) is 4.39 Å². The second-order valence-electron chi connectivity index (χ2n) is 4.22. The molecule has 0 bridgehead atoms. The average Bonchev–Trinajstić information content (AvgIpc) is 2.28. The summed E-state index contributed by atoms with van der Waals surface area (Å²) in [4.78, 5) is 3.56. The Kier molecular flexibility index (Phi) is 5.18. The third-order valence-electron chi connectivity index (χ3n) is 2.44. The Morgan fingerprint density at radius 2 is 2.17 bits per heavy atom. The van der Waals surface area contributed by atoms with E-state index >= 15 is 0 Å². The highest BCUT2D eigenvalue weighted by molar-refractivity contribution is 7.89. The lowest BCUT2D eigenvalue weighted by molar-refractivity contribution is 0.157. The van der Waals surface area contributed by atoms with Crippen LogP contribution in [0.3, 0.4) is 0 Å². The Balaban J connectivity index is 2.97. The zero-order valence-electron chi connectivity index (χ0n) is 10.6. The first-order valence-electron chi connectivity index (χ1n) is 5.50. The second kappa shape index (κ2) is 6.21. The number of hydrogen-bond donors (Lipinski definition) is 1. The lowest BCUT2D eigenvalue weighted by atomic mass is 10.1. The standard InChI is InChI=1S/C11H17FN2O3S/c1-8(2)10(7-17-3)14-18(15,16)11-9(12)5-4-6-13-11/h4-6,8,10,14H,7H2,1-3H3. The molecule has 0 aliphatic heterocycles. The van der Waals surface area contributed by atoms with Crippen LogP contribution in [0.2, 0.25) is 0 Å². The SMILES string of the molecule is COCC(NS(=O)(=O)c1ncccc1F)C(C)C. The zero-order valence-corrected chi connectivity index (χ0v) is 11.4. The maximum absolute atomic E-state index is 13.4. The summed E-state index contributed by atoms with van der Waals surface area (Å²) in [7, 11) is -2.50. The molecule has 0 aliphatic carbocycles. The maximum Gasteiger partial charge on any atom is 0.261 e. The molecule has 1 aromatic rings. The first-order chi connectivity index (χ1) is 8.38. The van der Waals surface area contributed by atoms with Gasteiger partial charge in [0.05, 0.1) is 6.61 Å². The number of sulfonamides is 1. The number of methoxy groups -OCH3 is 1. The van der Waals surface area contributed by atoms with Gasteiger partial charge in [-0.3, -0.25) is 0 Å². The third kappa shape index (κ3) is 3.72. The van der Waals surface area contributed by atoms with Crippen LogP contribution in [0, 0.1) is 11.7 Å². The van der Waals surface area contributed by atoms with E-state index in [0.29, 0.717) is 0 Å². The molecule has 0 radical (unpaired) electrons. The molecule has 5 nitrogen and oxygen atoms in total. The molecule has 7 heteroatoms. The summed E-state index contributed by atoms with van der Waals surface area (Å²) in [6, 6.07) is 1.97. The molecule has 1 unspecified atom stereocenters. The molecule has 0 spiro atoms. The van der Waals surface area contributed by atoms with Crippen LogP contribution in [0.25, 0.3) is 0 Å². The van der Waals surface area contributed by atoms with E-state index in [1.165, 1.54) is 19.4 Å². The van der Waals surface area contributed by atoms with E-state index in [0.717, 1.165) is 6.07 Å². The quantitative estimate of drug-likeness (QED) is 0.847. The molecule has 0 aliphatic rings. The maximum atomic E-state index is 13.4. The molecular formula is C11H17FN2O3S. The van der Waals surface area contributed by atoms with Gasteiger partial charge in [-0.2, -0.15) is 0 Å². The van der Waals surface area contributed by atoms with Crippen LogP contribution in [0.5, 0.6) is 0 Å². The summed E-state index contributed by atoms with van der Waals surface area (Å²) in [5.41, 5.74) is 0. The van der Waals surface area contributed by atoms with Crippen molar-refractivity contribution in [3.63, 3.8) is 0 Å². The molecule has 1 heterocycles. The summed E-state index contributed by atoms with van der Waals surface area (Å²) < 4.78 is 44.7. The van der Waals surface area contributed by atoms with Gasteiger partial charge < -0.3 is 4.74 Å². The summed E-state index contributed by atoms with van der Waals surface area (Å²) in [6.07, 6.45) is 1.23. The van der Waals surface area contributed by atoms with Gasteiger partial charge in [0.25, 0.3) is 10.0 Å². The topological polar surface area (TPSA) is 68.3 Å². The van der Waals surface area contributed by atoms with Crippen molar-refractivity contribution in [1.82, 2.24) is 9.71 Å². The Morgan fingerprint density at radius 1 is 1.50 bits per heavy atom. The minimum atomic E-state index is -3.97. The molecule has 0 amide bonds. The molecule has 1 aromatic heterocycles. The molecule has 1 N–H and O–H groups in total. The Morgan fingerprint density at radius 3 is 2.67 bits per heavy atom. The second-order valence-corrected chi connectivity index (χ2v) is 5.85. The van der Waals surface area contributed by atoms with Crippen LogP contribution in [0.1, 0.15) is 13.8 Å². The van der Waals surface area contributed by atoms with Crippen LogP contribution < -0.4 is 4.72 Å². The highest BCUT2D eigenvalue weighted by Gasteiger charge is 2.25. The van der Waals surface area contributed by atoms with E-state index in [1.807, 2.05) is 13.8 Å². The first-order valence-corrected chi connectivity index (χ1v) is 6.98. The summed E-state index contributed by atoms with van der Waals surface area (Å²) >= 11 is 0. The first kappa shape index (κ1) is 15.0. The fraction of sp³-hybridized carbons (Fsp3) is 0.545. The van der Waals surface area contributed by atoms with E-state index in [-0.39, 0.29) is 12.5 Å². The van der Waals surface area contributed by atoms with Gasteiger partial charge in [-0.05, 0) is 18.1 Å². The zero-order chi connectivity index (χ0) is 13.8. The number of ether oxygens (including phenoxy) is 1. The molecule has 0 saturated carbocycles. The van der Waals surface area contributed by atoms with Crippen LogP contribution >= 0.6 is 0 Å². The minimum Gasteiger partial charge on any atom is -0.383 e. The molecule has 0 aromatic carbocycles. The summed E-state index contributed by atoms with van der Waals surface area (Å²) in [5, 5.41) is -0.591. The number of pyridine rings is 1. The minimum absolute atomic E-state index is 0.0199. The van der Waals surface area contributed by atoms with Crippen LogP contribution in [-0.2, 0) is 14.8 Å². The van der Waals surface area contributed by atoms with Crippen molar-refractivity contribution in [2.45, 2.75) is 24.9 Å². The molecular weight excluding hydrogens is 259 g/mol. The van der Waals surface area contributed by atoms with Gasteiger partial charge in [-0.25, -0.2) is 22.5 Å². The van der Waals surface area contributed by atoms with Crippen molar-refractivity contribution in [3.05, 3.63) is 24.1 Å². The number of rotatable bonds is 6. The summed E-state index contributed by atoms with van der Waals surface area (Å²) in [5.74, 6) is -0.851.